The number of amides is 1. The Bertz CT molecular complexity index is 594. The fourth-order valence-electron chi connectivity index (χ4n) is 1.72. The van der Waals surface area contributed by atoms with Crippen molar-refractivity contribution in [1.82, 2.24) is 0 Å². The van der Waals surface area contributed by atoms with Crippen molar-refractivity contribution in [1.29, 1.82) is 0 Å². The summed E-state index contributed by atoms with van der Waals surface area (Å²) in [6, 6.07) is 12.9. The molecule has 2 rings (SSSR count). The molecule has 0 heterocycles. The first-order valence-corrected chi connectivity index (χ1v) is 6.33. The van der Waals surface area contributed by atoms with E-state index in [0.717, 1.165) is 5.56 Å². The van der Waals surface area contributed by atoms with E-state index in [-0.39, 0.29) is 5.91 Å². The predicted molar refractivity (Wildman–Crippen MR) is 79.4 cm³/mol. The van der Waals surface area contributed by atoms with Gasteiger partial charge in [0.2, 0.25) is 5.91 Å². The number of hydrogen-bond acceptors (Lipinski definition) is 2. The van der Waals surface area contributed by atoms with E-state index in [1.54, 1.807) is 18.2 Å². The molecule has 0 fully saturated rings. The zero-order chi connectivity index (χ0) is 13.8. The van der Waals surface area contributed by atoms with Crippen molar-refractivity contribution in [3.8, 4) is 0 Å². The molecule has 0 saturated heterocycles. The molecule has 19 heavy (non-hydrogen) atoms. The quantitative estimate of drug-likeness (QED) is 0.843. The summed E-state index contributed by atoms with van der Waals surface area (Å²) in [6.07, 6.45) is 0.320. The van der Waals surface area contributed by atoms with Gasteiger partial charge in [-0.15, -0.1) is 0 Å². The average molecular weight is 275 g/mol. The van der Waals surface area contributed by atoms with Crippen molar-refractivity contribution >= 4 is 28.9 Å². The van der Waals surface area contributed by atoms with Gasteiger partial charge < -0.3 is 11.1 Å². The topological polar surface area (TPSA) is 55.1 Å². The summed E-state index contributed by atoms with van der Waals surface area (Å²) in [4.78, 5) is 11.9. The van der Waals surface area contributed by atoms with Crippen LogP contribution in [-0.4, -0.2) is 5.91 Å². The normalized spacial score (nSPS) is 10.2. The van der Waals surface area contributed by atoms with E-state index in [1.807, 2.05) is 31.2 Å². The lowest BCUT2D eigenvalue weighted by molar-refractivity contribution is -0.115. The van der Waals surface area contributed by atoms with E-state index < -0.39 is 0 Å². The number of nitrogens with two attached hydrogens (primary N) is 1. The van der Waals surface area contributed by atoms with Gasteiger partial charge in [-0.1, -0.05) is 41.4 Å². The van der Waals surface area contributed by atoms with Gasteiger partial charge in [0.15, 0.2) is 0 Å². The van der Waals surface area contributed by atoms with Gasteiger partial charge in [0.1, 0.15) is 0 Å². The number of hydrogen-bond donors (Lipinski definition) is 2. The Labute approximate surface area is 117 Å². The molecule has 0 aliphatic carbocycles. The van der Waals surface area contributed by atoms with Gasteiger partial charge in [0.05, 0.1) is 17.1 Å². The highest BCUT2D eigenvalue weighted by atomic mass is 35.5. The maximum atomic E-state index is 11.9. The first kappa shape index (κ1) is 13.4. The molecule has 98 valence electrons. The van der Waals surface area contributed by atoms with Crippen molar-refractivity contribution in [2.45, 2.75) is 13.3 Å². The molecule has 0 spiro atoms. The molecule has 0 radical (unpaired) electrons. The molecule has 0 atom stereocenters. The summed E-state index contributed by atoms with van der Waals surface area (Å²) in [5.74, 6) is -0.101. The Morgan fingerprint density at radius 3 is 2.53 bits per heavy atom. The first-order chi connectivity index (χ1) is 9.04. The van der Waals surface area contributed by atoms with Gasteiger partial charge in [-0.05, 0) is 30.7 Å². The first-order valence-electron chi connectivity index (χ1n) is 5.95. The fraction of sp³-hybridized carbons (Fsp3) is 0.133. The van der Waals surface area contributed by atoms with Crippen molar-refractivity contribution in [2.75, 3.05) is 11.1 Å². The number of carbonyl (C=O) groups excluding carboxylic acids is 1. The third-order valence-electron chi connectivity index (χ3n) is 2.75. The lowest BCUT2D eigenvalue weighted by Gasteiger charge is -2.08. The smallest absolute Gasteiger partial charge is 0.228 e. The second kappa shape index (κ2) is 5.76. The molecule has 0 aromatic heterocycles. The summed E-state index contributed by atoms with van der Waals surface area (Å²) in [7, 11) is 0. The summed E-state index contributed by atoms with van der Waals surface area (Å²) < 4.78 is 0. The summed E-state index contributed by atoms with van der Waals surface area (Å²) >= 11 is 6.00. The maximum Gasteiger partial charge on any atom is 0.228 e. The Morgan fingerprint density at radius 1 is 1.21 bits per heavy atom. The number of rotatable bonds is 3. The molecule has 2 aromatic carbocycles. The minimum absolute atomic E-state index is 0.101. The molecular formula is C15H15ClN2O. The molecule has 3 N–H and O–H groups in total. The van der Waals surface area contributed by atoms with Crippen LogP contribution in [-0.2, 0) is 11.2 Å². The lowest BCUT2D eigenvalue weighted by atomic mass is 10.1. The second-order valence-corrected chi connectivity index (χ2v) is 4.86. The van der Waals surface area contributed by atoms with Crippen LogP contribution in [0.3, 0.4) is 0 Å². The molecule has 0 aliphatic rings. The minimum Gasteiger partial charge on any atom is -0.399 e. The van der Waals surface area contributed by atoms with E-state index in [9.17, 15) is 4.79 Å². The molecule has 0 bridgehead atoms. The fourth-order valence-corrected chi connectivity index (χ4v) is 1.95. The Morgan fingerprint density at radius 2 is 1.89 bits per heavy atom. The van der Waals surface area contributed by atoms with Crippen LogP contribution >= 0.6 is 11.6 Å². The van der Waals surface area contributed by atoms with Crippen LogP contribution in [0, 0.1) is 6.92 Å². The molecule has 1 amide bonds. The molecule has 3 nitrogen and oxygen atoms in total. The van der Waals surface area contributed by atoms with Gasteiger partial charge >= 0.3 is 0 Å². The van der Waals surface area contributed by atoms with Gasteiger partial charge in [0.25, 0.3) is 0 Å². The van der Waals surface area contributed by atoms with Crippen molar-refractivity contribution in [3.63, 3.8) is 0 Å². The molecule has 0 unspecified atom stereocenters. The van der Waals surface area contributed by atoms with Crippen LogP contribution in [0.2, 0.25) is 5.02 Å². The van der Waals surface area contributed by atoms with Crippen LogP contribution < -0.4 is 11.1 Å². The summed E-state index contributed by atoms with van der Waals surface area (Å²) in [6.45, 7) is 2.01. The molecule has 2 aromatic rings. The van der Waals surface area contributed by atoms with Gasteiger partial charge in [-0.25, -0.2) is 0 Å². The van der Waals surface area contributed by atoms with E-state index in [1.165, 1.54) is 5.56 Å². The number of carbonyl (C=O) groups is 1. The molecule has 4 heteroatoms. The highest BCUT2D eigenvalue weighted by molar-refractivity contribution is 6.34. The Hall–Kier alpha value is -2.00. The van der Waals surface area contributed by atoms with Crippen molar-refractivity contribution in [3.05, 3.63) is 58.6 Å². The SMILES string of the molecule is Cc1ccc(CC(=O)Nc2ccc(N)cc2Cl)cc1. The van der Waals surface area contributed by atoms with Gasteiger partial charge in [-0.2, -0.15) is 0 Å². The zero-order valence-electron chi connectivity index (χ0n) is 10.6. The lowest BCUT2D eigenvalue weighted by Crippen LogP contribution is -2.14. The molecular weight excluding hydrogens is 260 g/mol. The third-order valence-corrected chi connectivity index (χ3v) is 3.07. The van der Waals surface area contributed by atoms with Crippen molar-refractivity contribution in [2.24, 2.45) is 0 Å². The summed E-state index contributed by atoms with van der Waals surface area (Å²) in [5, 5.41) is 3.22. The third kappa shape index (κ3) is 3.73. The van der Waals surface area contributed by atoms with Crippen LogP contribution in [0.1, 0.15) is 11.1 Å². The Balaban J connectivity index is 2.03. The number of halogens is 1. The molecule has 0 saturated carbocycles. The van der Waals surface area contributed by atoms with E-state index >= 15 is 0 Å². The minimum atomic E-state index is -0.101. The highest BCUT2D eigenvalue weighted by Crippen LogP contribution is 2.24. The van der Waals surface area contributed by atoms with Crippen LogP contribution in [0.4, 0.5) is 11.4 Å². The number of aryl methyl sites for hydroxylation is 1. The number of nitrogens with one attached hydrogen (secondary N) is 1. The van der Waals surface area contributed by atoms with Crippen LogP contribution in [0.5, 0.6) is 0 Å². The number of nitrogen functional groups attached to an aromatic ring is 1. The van der Waals surface area contributed by atoms with Crippen LogP contribution in [0.25, 0.3) is 0 Å². The van der Waals surface area contributed by atoms with E-state index in [2.05, 4.69) is 5.32 Å². The number of anilines is 2. The van der Waals surface area contributed by atoms with E-state index in [0.29, 0.717) is 22.8 Å². The van der Waals surface area contributed by atoms with Gasteiger partial charge in [0, 0.05) is 5.69 Å². The van der Waals surface area contributed by atoms with Gasteiger partial charge in [-0.3, -0.25) is 4.79 Å². The number of benzene rings is 2. The van der Waals surface area contributed by atoms with Crippen molar-refractivity contribution < 1.29 is 4.79 Å². The monoisotopic (exact) mass is 274 g/mol. The van der Waals surface area contributed by atoms with E-state index in [4.69, 9.17) is 17.3 Å². The van der Waals surface area contributed by atoms with Crippen LogP contribution in [0.15, 0.2) is 42.5 Å². The molecule has 0 aliphatic heterocycles. The highest BCUT2D eigenvalue weighted by Gasteiger charge is 2.07. The average Bonchev–Trinajstić information content (AvgIpc) is 2.36. The standard InChI is InChI=1S/C15H15ClN2O/c1-10-2-4-11(5-3-10)8-15(19)18-14-7-6-12(17)9-13(14)16/h2-7,9H,8,17H2,1H3,(H,18,19). The predicted octanol–water partition coefficient (Wildman–Crippen LogP) is 3.41. The zero-order valence-corrected chi connectivity index (χ0v) is 11.4. The Kier molecular flexibility index (Phi) is 4.07. The second-order valence-electron chi connectivity index (χ2n) is 4.45. The summed E-state index contributed by atoms with van der Waals surface area (Å²) in [5.41, 5.74) is 8.89. The maximum absolute atomic E-state index is 11.9. The largest absolute Gasteiger partial charge is 0.399 e.